The molecule has 4 nitrogen and oxygen atoms in total. The highest BCUT2D eigenvalue weighted by atomic mass is 16.5. The minimum absolute atomic E-state index is 0.270. The van der Waals surface area contributed by atoms with Crippen molar-refractivity contribution in [2.75, 3.05) is 20.3 Å². The summed E-state index contributed by atoms with van der Waals surface area (Å²) in [5.41, 5.74) is 1.20. The van der Waals surface area contributed by atoms with E-state index in [0.29, 0.717) is 13.2 Å². The largest absolute Gasteiger partial charge is 0.464 e. The molecular weight excluding hydrogens is 230 g/mol. The van der Waals surface area contributed by atoms with Gasteiger partial charge in [-0.15, -0.1) is 0 Å². The molecule has 0 saturated carbocycles. The average molecular weight is 253 g/mol. The lowest BCUT2D eigenvalue weighted by atomic mass is 10.1. The molecule has 0 aromatic carbocycles. The van der Waals surface area contributed by atoms with Gasteiger partial charge >= 0.3 is 0 Å². The van der Waals surface area contributed by atoms with Gasteiger partial charge in [0.25, 0.3) is 0 Å². The molecule has 1 N–H and O–H groups in total. The molecule has 0 aliphatic carbocycles. The van der Waals surface area contributed by atoms with E-state index in [0.717, 1.165) is 31.1 Å². The van der Waals surface area contributed by atoms with Gasteiger partial charge in [-0.1, -0.05) is 0 Å². The fourth-order valence-corrected chi connectivity index (χ4v) is 2.25. The van der Waals surface area contributed by atoms with Gasteiger partial charge in [-0.2, -0.15) is 0 Å². The molecule has 1 aromatic heterocycles. The Hall–Kier alpha value is -0.840. The predicted molar refractivity (Wildman–Crippen MR) is 69.5 cm³/mol. The minimum Gasteiger partial charge on any atom is -0.464 e. The highest BCUT2D eigenvalue weighted by Gasteiger charge is 2.14. The average Bonchev–Trinajstić information content (AvgIpc) is 2.72. The fraction of sp³-hybridized carbons (Fsp3) is 0.714. The second kappa shape index (κ2) is 6.92. The Kier molecular flexibility index (Phi) is 5.23. The lowest BCUT2D eigenvalue weighted by Gasteiger charge is -2.21. The highest BCUT2D eigenvalue weighted by Crippen LogP contribution is 2.17. The molecule has 18 heavy (non-hydrogen) atoms. The van der Waals surface area contributed by atoms with E-state index >= 15 is 0 Å². The Labute approximate surface area is 109 Å². The van der Waals surface area contributed by atoms with Crippen molar-refractivity contribution in [1.29, 1.82) is 0 Å². The number of nitrogens with one attached hydrogen (secondary N) is 1. The Bertz CT molecular complexity index is 356. The summed E-state index contributed by atoms with van der Waals surface area (Å²) < 4.78 is 16.9. The first-order valence-electron chi connectivity index (χ1n) is 6.71. The van der Waals surface area contributed by atoms with Gasteiger partial charge in [0.1, 0.15) is 18.1 Å². The Morgan fingerprint density at radius 3 is 3.06 bits per heavy atom. The number of ether oxygens (including phenoxy) is 2. The van der Waals surface area contributed by atoms with E-state index in [1.54, 1.807) is 0 Å². The Morgan fingerprint density at radius 1 is 1.44 bits per heavy atom. The molecule has 1 aliphatic heterocycles. The van der Waals surface area contributed by atoms with Crippen molar-refractivity contribution in [3.05, 3.63) is 23.2 Å². The number of furan rings is 1. The van der Waals surface area contributed by atoms with Crippen LogP contribution in [0.2, 0.25) is 0 Å². The van der Waals surface area contributed by atoms with Crippen molar-refractivity contribution >= 4 is 0 Å². The topological polar surface area (TPSA) is 43.6 Å². The normalized spacial score (nSPS) is 20.2. The summed E-state index contributed by atoms with van der Waals surface area (Å²) in [5, 5.41) is 3.13. The standard InChI is InChI=1S/C14H23NO3/c1-11-12(8-15-2)7-14(18-11)10-16-9-13-5-3-4-6-17-13/h7,13,15H,3-6,8-10H2,1-2H3. The minimum atomic E-state index is 0.270. The van der Waals surface area contributed by atoms with E-state index in [2.05, 4.69) is 11.4 Å². The summed E-state index contributed by atoms with van der Waals surface area (Å²) in [5.74, 6) is 1.87. The molecule has 1 unspecified atom stereocenters. The third-order valence-electron chi connectivity index (χ3n) is 3.26. The van der Waals surface area contributed by atoms with Gasteiger partial charge < -0.3 is 19.2 Å². The number of hydrogen-bond acceptors (Lipinski definition) is 4. The van der Waals surface area contributed by atoms with Crippen LogP contribution in [0.5, 0.6) is 0 Å². The van der Waals surface area contributed by atoms with Gasteiger partial charge in [-0.25, -0.2) is 0 Å². The maximum atomic E-state index is 5.67. The van der Waals surface area contributed by atoms with Gasteiger partial charge in [-0.3, -0.25) is 0 Å². The molecular formula is C14H23NO3. The molecule has 2 rings (SSSR count). The summed E-state index contributed by atoms with van der Waals surface area (Å²) in [4.78, 5) is 0. The monoisotopic (exact) mass is 253 g/mol. The summed E-state index contributed by atoms with van der Waals surface area (Å²) in [6.45, 7) is 4.90. The van der Waals surface area contributed by atoms with Crippen molar-refractivity contribution in [3.63, 3.8) is 0 Å². The first-order valence-corrected chi connectivity index (χ1v) is 6.71. The van der Waals surface area contributed by atoms with Crippen LogP contribution in [0, 0.1) is 6.92 Å². The Morgan fingerprint density at radius 2 is 2.33 bits per heavy atom. The fourth-order valence-electron chi connectivity index (χ4n) is 2.25. The molecule has 2 heterocycles. The highest BCUT2D eigenvalue weighted by molar-refractivity contribution is 5.20. The van der Waals surface area contributed by atoms with Crippen LogP contribution in [0.3, 0.4) is 0 Å². The molecule has 4 heteroatoms. The molecule has 0 radical (unpaired) electrons. The van der Waals surface area contributed by atoms with Crippen molar-refractivity contribution < 1.29 is 13.9 Å². The van der Waals surface area contributed by atoms with E-state index < -0.39 is 0 Å². The first kappa shape index (κ1) is 13.6. The molecule has 1 fully saturated rings. The van der Waals surface area contributed by atoms with Crippen LogP contribution in [0.1, 0.15) is 36.3 Å². The van der Waals surface area contributed by atoms with Crippen LogP contribution in [-0.2, 0) is 22.6 Å². The van der Waals surface area contributed by atoms with E-state index in [1.807, 2.05) is 14.0 Å². The van der Waals surface area contributed by atoms with Crippen LogP contribution in [0.4, 0.5) is 0 Å². The van der Waals surface area contributed by atoms with E-state index in [9.17, 15) is 0 Å². The maximum Gasteiger partial charge on any atom is 0.130 e. The smallest absolute Gasteiger partial charge is 0.130 e. The van der Waals surface area contributed by atoms with Gasteiger partial charge in [0.2, 0.25) is 0 Å². The zero-order valence-electron chi connectivity index (χ0n) is 11.3. The van der Waals surface area contributed by atoms with Crippen LogP contribution in [0.25, 0.3) is 0 Å². The van der Waals surface area contributed by atoms with Crippen LogP contribution in [0.15, 0.2) is 10.5 Å². The van der Waals surface area contributed by atoms with Crippen LogP contribution >= 0.6 is 0 Å². The molecule has 0 spiro atoms. The lowest BCUT2D eigenvalue weighted by Crippen LogP contribution is -2.24. The SMILES string of the molecule is CNCc1cc(COCC2CCCCO2)oc1C. The molecule has 0 bridgehead atoms. The van der Waals surface area contributed by atoms with Gasteiger partial charge in [0, 0.05) is 18.7 Å². The van der Waals surface area contributed by atoms with Crippen molar-refractivity contribution in [2.45, 2.75) is 45.4 Å². The van der Waals surface area contributed by atoms with Crippen molar-refractivity contribution in [2.24, 2.45) is 0 Å². The number of hydrogen-bond donors (Lipinski definition) is 1. The third kappa shape index (κ3) is 3.83. The number of rotatable bonds is 6. The Balaban J connectivity index is 1.73. The summed E-state index contributed by atoms with van der Waals surface area (Å²) >= 11 is 0. The quantitative estimate of drug-likeness (QED) is 0.845. The molecule has 1 saturated heterocycles. The van der Waals surface area contributed by atoms with Crippen molar-refractivity contribution in [3.8, 4) is 0 Å². The van der Waals surface area contributed by atoms with Gasteiger partial charge in [-0.05, 0) is 39.3 Å². The molecule has 0 amide bonds. The second-order valence-electron chi connectivity index (χ2n) is 4.83. The lowest BCUT2D eigenvalue weighted by molar-refractivity contribution is -0.0472. The van der Waals surface area contributed by atoms with Gasteiger partial charge in [0.15, 0.2) is 0 Å². The van der Waals surface area contributed by atoms with E-state index in [4.69, 9.17) is 13.9 Å². The molecule has 1 aromatic rings. The van der Waals surface area contributed by atoms with E-state index in [1.165, 1.54) is 18.4 Å². The summed E-state index contributed by atoms with van der Waals surface area (Å²) in [7, 11) is 1.93. The zero-order chi connectivity index (χ0) is 12.8. The summed E-state index contributed by atoms with van der Waals surface area (Å²) in [6.07, 6.45) is 3.82. The summed E-state index contributed by atoms with van der Waals surface area (Å²) in [6, 6.07) is 2.06. The van der Waals surface area contributed by atoms with E-state index in [-0.39, 0.29) is 6.10 Å². The third-order valence-corrected chi connectivity index (χ3v) is 3.26. The predicted octanol–water partition coefficient (Wildman–Crippen LogP) is 2.39. The van der Waals surface area contributed by atoms with Crippen molar-refractivity contribution in [1.82, 2.24) is 5.32 Å². The molecule has 102 valence electrons. The number of aryl methyl sites for hydroxylation is 1. The zero-order valence-corrected chi connectivity index (χ0v) is 11.3. The first-order chi connectivity index (χ1) is 8.79. The van der Waals surface area contributed by atoms with Crippen LogP contribution < -0.4 is 5.32 Å². The second-order valence-corrected chi connectivity index (χ2v) is 4.83. The maximum absolute atomic E-state index is 5.67. The van der Waals surface area contributed by atoms with Gasteiger partial charge in [0.05, 0.1) is 12.7 Å². The van der Waals surface area contributed by atoms with Crippen LogP contribution in [-0.4, -0.2) is 26.4 Å². The molecule has 1 aliphatic rings. The molecule has 1 atom stereocenters.